The Morgan fingerprint density at radius 1 is 1.32 bits per heavy atom. The molecule has 0 bridgehead atoms. The minimum atomic E-state index is -0.437. The number of hydrogen-bond acceptors (Lipinski definition) is 3. The number of fused-ring (bicyclic) bond motifs is 3. The summed E-state index contributed by atoms with van der Waals surface area (Å²) >= 11 is 7.87. The Balaban J connectivity index is 1.93. The molecule has 0 amide bonds. The molecule has 7 heteroatoms. The van der Waals surface area contributed by atoms with Crippen LogP contribution in [0.2, 0.25) is 5.02 Å². The van der Waals surface area contributed by atoms with Crippen LogP contribution in [-0.2, 0) is 13.6 Å². The molecular formula is C18H15ClFN3OS. The van der Waals surface area contributed by atoms with Gasteiger partial charge >= 0.3 is 0 Å². The first-order chi connectivity index (χ1) is 11.9. The lowest BCUT2D eigenvalue weighted by molar-refractivity contribution is 0.573. The molecular weight excluding hydrogens is 361 g/mol. The predicted molar refractivity (Wildman–Crippen MR) is 100 cm³/mol. The highest BCUT2D eigenvalue weighted by Gasteiger charge is 2.18. The lowest BCUT2D eigenvalue weighted by atomic mass is 10.1. The maximum Gasteiger partial charge on any atom is 0.291 e. The monoisotopic (exact) mass is 375 g/mol. The molecule has 4 rings (SSSR count). The molecule has 4 nitrogen and oxygen atoms in total. The first-order valence-corrected chi connectivity index (χ1v) is 8.96. The van der Waals surface area contributed by atoms with Crippen LogP contribution in [0.1, 0.15) is 16.0 Å². The van der Waals surface area contributed by atoms with E-state index in [4.69, 9.17) is 11.6 Å². The van der Waals surface area contributed by atoms with Crippen molar-refractivity contribution in [2.45, 2.75) is 20.4 Å². The van der Waals surface area contributed by atoms with Crippen molar-refractivity contribution in [2.24, 2.45) is 7.05 Å². The second-order valence-corrected chi connectivity index (χ2v) is 7.79. The van der Waals surface area contributed by atoms with Gasteiger partial charge in [-0.25, -0.2) is 9.07 Å². The highest BCUT2D eigenvalue weighted by Crippen LogP contribution is 2.32. The standard InChI is InChI=1S/C18H15ClFN3OS/c1-9-4-5-13(20)12(15(9)19)8-23-18(24)16-11(7-21-23)17-14(22(16)3)6-10(2)25-17/h4-7H,8H2,1-3H3. The summed E-state index contributed by atoms with van der Waals surface area (Å²) < 4.78 is 18.4. The van der Waals surface area contributed by atoms with E-state index in [0.717, 1.165) is 21.2 Å². The van der Waals surface area contributed by atoms with E-state index in [-0.39, 0.29) is 17.7 Å². The van der Waals surface area contributed by atoms with Crippen molar-refractivity contribution in [1.29, 1.82) is 0 Å². The second kappa shape index (κ2) is 5.68. The summed E-state index contributed by atoms with van der Waals surface area (Å²) in [5.74, 6) is -0.437. The summed E-state index contributed by atoms with van der Waals surface area (Å²) in [6.45, 7) is 3.84. The molecule has 0 aliphatic rings. The smallest absolute Gasteiger partial charge is 0.291 e. The van der Waals surface area contributed by atoms with Crippen molar-refractivity contribution in [3.8, 4) is 0 Å². The Bertz CT molecular complexity index is 1200. The van der Waals surface area contributed by atoms with Gasteiger partial charge in [0.25, 0.3) is 5.56 Å². The molecule has 25 heavy (non-hydrogen) atoms. The molecule has 0 unspecified atom stereocenters. The molecule has 3 heterocycles. The summed E-state index contributed by atoms with van der Waals surface area (Å²) in [6, 6.07) is 5.04. The number of thiophene rings is 1. The number of hydrogen-bond donors (Lipinski definition) is 0. The lowest BCUT2D eigenvalue weighted by Crippen LogP contribution is -2.25. The van der Waals surface area contributed by atoms with Gasteiger partial charge in [-0.05, 0) is 31.5 Å². The first kappa shape index (κ1) is 16.3. The number of halogens is 2. The molecule has 1 aromatic carbocycles. The van der Waals surface area contributed by atoms with Gasteiger partial charge < -0.3 is 4.57 Å². The van der Waals surface area contributed by atoms with E-state index in [9.17, 15) is 9.18 Å². The van der Waals surface area contributed by atoms with Crippen LogP contribution >= 0.6 is 22.9 Å². The molecule has 0 saturated heterocycles. The fourth-order valence-electron chi connectivity index (χ4n) is 3.15. The van der Waals surface area contributed by atoms with Gasteiger partial charge in [0, 0.05) is 22.9 Å². The number of nitrogens with zero attached hydrogens (tertiary/aromatic N) is 3. The number of aryl methyl sites for hydroxylation is 3. The molecule has 0 saturated carbocycles. The maximum absolute atomic E-state index is 14.2. The van der Waals surface area contributed by atoms with Gasteiger partial charge in [0.15, 0.2) is 0 Å². The zero-order chi connectivity index (χ0) is 17.9. The quantitative estimate of drug-likeness (QED) is 0.520. The number of rotatable bonds is 2. The summed E-state index contributed by atoms with van der Waals surface area (Å²) in [4.78, 5) is 14.1. The Kier molecular flexibility index (Phi) is 3.70. The highest BCUT2D eigenvalue weighted by molar-refractivity contribution is 7.20. The van der Waals surface area contributed by atoms with E-state index in [1.54, 1.807) is 30.5 Å². The van der Waals surface area contributed by atoms with Crippen molar-refractivity contribution >= 4 is 44.1 Å². The average Bonchev–Trinajstić information content (AvgIpc) is 3.07. The molecule has 4 aromatic rings. The molecule has 0 atom stereocenters. The van der Waals surface area contributed by atoms with E-state index in [0.29, 0.717) is 10.5 Å². The van der Waals surface area contributed by atoms with E-state index in [1.165, 1.54) is 15.6 Å². The molecule has 0 radical (unpaired) electrons. The first-order valence-electron chi connectivity index (χ1n) is 7.76. The van der Waals surface area contributed by atoms with Crippen molar-refractivity contribution in [1.82, 2.24) is 14.3 Å². The maximum atomic E-state index is 14.2. The van der Waals surface area contributed by atoms with Gasteiger partial charge in [-0.2, -0.15) is 5.10 Å². The molecule has 0 aliphatic heterocycles. The third-order valence-corrected chi connectivity index (χ3v) is 6.08. The fraction of sp³-hybridized carbons (Fsp3) is 0.222. The van der Waals surface area contributed by atoms with Crippen molar-refractivity contribution in [2.75, 3.05) is 0 Å². The number of benzene rings is 1. The van der Waals surface area contributed by atoms with Crippen LogP contribution in [0.3, 0.4) is 0 Å². The summed E-state index contributed by atoms with van der Waals surface area (Å²) in [5, 5.41) is 5.42. The van der Waals surface area contributed by atoms with Gasteiger partial charge in [0.2, 0.25) is 0 Å². The highest BCUT2D eigenvalue weighted by atomic mass is 35.5. The minimum absolute atomic E-state index is 0.00102. The molecule has 0 spiro atoms. The Hall–Kier alpha value is -2.18. The minimum Gasteiger partial charge on any atom is -0.338 e. The van der Waals surface area contributed by atoms with Crippen LogP contribution in [0.4, 0.5) is 4.39 Å². The topological polar surface area (TPSA) is 39.8 Å². The predicted octanol–water partition coefficient (Wildman–Crippen LogP) is 4.41. The SMILES string of the molecule is Cc1cc2c(s1)c1cnn(Cc3c(F)ccc(C)c3Cl)c(=O)c1n2C. The molecule has 0 fully saturated rings. The summed E-state index contributed by atoms with van der Waals surface area (Å²) in [7, 11) is 1.86. The van der Waals surface area contributed by atoms with Gasteiger partial charge in [-0.1, -0.05) is 17.7 Å². The van der Waals surface area contributed by atoms with E-state index in [1.807, 2.05) is 18.5 Å². The normalized spacial score (nSPS) is 11.7. The van der Waals surface area contributed by atoms with Crippen LogP contribution in [0.5, 0.6) is 0 Å². The Morgan fingerprint density at radius 2 is 2.08 bits per heavy atom. The van der Waals surface area contributed by atoms with Crippen molar-refractivity contribution < 1.29 is 4.39 Å². The number of aromatic nitrogens is 3. The zero-order valence-electron chi connectivity index (χ0n) is 13.9. The van der Waals surface area contributed by atoms with Crippen molar-refractivity contribution in [3.05, 3.63) is 61.6 Å². The zero-order valence-corrected chi connectivity index (χ0v) is 15.5. The van der Waals surface area contributed by atoms with Gasteiger partial charge in [-0.3, -0.25) is 4.79 Å². The second-order valence-electron chi connectivity index (χ2n) is 6.16. The molecule has 0 N–H and O–H groups in total. The third kappa shape index (κ3) is 2.40. The van der Waals surface area contributed by atoms with Gasteiger partial charge in [-0.15, -0.1) is 11.3 Å². The largest absolute Gasteiger partial charge is 0.338 e. The van der Waals surface area contributed by atoms with Crippen LogP contribution in [0.25, 0.3) is 21.1 Å². The summed E-state index contributed by atoms with van der Waals surface area (Å²) in [5.41, 5.74) is 2.37. The molecule has 3 aromatic heterocycles. The Morgan fingerprint density at radius 3 is 2.84 bits per heavy atom. The summed E-state index contributed by atoms with van der Waals surface area (Å²) in [6.07, 6.45) is 1.68. The van der Waals surface area contributed by atoms with Gasteiger partial charge in [0.05, 0.1) is 28.0 Å². The fourth-order valence-corrected chi connectivity index (χ4v) is 4.42. The van der Waals surface area contributed by atoms with Crippen LogP contribution in [0, 0.1) is 19.7 Å². The van der Waals surface area contributed by atoms with Crippen molar-refractivity contribution in [3.63, 3.8) is 0 Å². The van der Waals surface area contributed by atoms with Crippen LogP contribution < -0.4 is 5.56 Å². The van der Waals surface area contributed by atoms with Gasteiger partial charge in [0.1, 0.15) is 11.3 Å². The van der Waals surface area contributed by atoms with E-state index in [2.05, 4.69) is 11.2 Å². The van der Waals surface area contributed by atoms with Crippen LogP contribution in [0.15, 0.2) is 29.2 Å². The van der Waals surface area contributed by atoms with Crippen LogP contribution in [-0.4, -0.2) is 14.3 Å². The Labute approximate surface area is 152 Å². The third-order valence-electron chi connectivity index (χ3n) is 4.48. The lowest BCUT2D eigenvalue weighted by Gasteiger charge is -2.10. The molecule has 0 aliphatic carbocycles. The van der Waals surface area contributed by atoms with E-state index >= 15 is 0 Å². The van der Waals surface area contributed by atoms with E-state index < -0.39 is 5.82 Å². The average molecular weight is 376 g/mol. The molecule has 128 valence electrons.